The normalized spacial score (nSPS) is 18.7. The number of carbonyl (C=O) groups is 2. The average Bonchev–Trinajstić information content (AvgIpc) is 3.32. The number of hydrogen-bond donors (Lipinski definition) is 2. The van der Waals surface area contributed by atoms with Crippen LogP contribution in [0.2, 0.25) is 0 Å². The molecule has 7 nitrogen and oxygen atoms in total. The van der Waals surface area contributed by atoms with Gasteiger partial charge >= 0.3 is 0 Å². The van der Waals surface area contributed by atoms with E-state index in [1.807, 2.05) is 6.07 Å². The van der Waals surface area contributed by atoms with E-state index in [0.717, 1.165) is 19.3 Å². The van der Waals surface area contributed by atoms with Gasteiger partial charge in [0.15, 0.2) is 11.5 Å². The van der Waals surface area contributed by atoms with Crippen molar-refractivity contribution in [2.24, 2.45) is 5.73 Å². The van der Waals surface area contributed by atoms with E-state index in [4.69, 9.17) is 14.9 Å². The van der Waals surface area contributed by atoms with Gasteiger partial charge in [-0.05, 0) is 25.0 Å². The summed E-state index contributed by atoms with van der Waals surface area (Å²) >= 11 is 0. The summed E-state index contributed by atoms with van der Waals surface area (Å²) in [6.45, 7) is 2.20. The van der Waals surface area contributed by atoms with Crippen LogP contribution in [0, 0.1) is 11.3 Å². The Morgan fingerprint density at radius 2 is 1.72 bits per heavy atom. The highest BCUT2D eigenvalue weighted by molar-refractivity contribution is 6.24. The molecule has 32 heavy (non-hydrogen) atoms. The lowest BCUT2D eigenvalue weighted by Crippen LogP contribution is -2.33. The molecule has 0 saturated carbocycles. The second kappa shape index (κ2) is 10.9. The van der Waals surface area contributed by atoms with E-state index in [1.165, 1.54) is 38.4 Å². The van der Waals surface area contributed by atoms with E-state index in [1.54, 1.807) is 12.1 Å². The second-order valence-electron chi connectivity index (χ2n) is 8.25. The lowest BCUT2D eigenvalue weighted by Gasteiger charge is -2.29. The zero-order valence-corrected chi connectivity index (χ0v) is 18.5. The van der Waals surface area contributed by atoms with Crippen LogP contribution < -0.4 is 5.73 Å². The number of nitriles is 1. The van der Waals surface area contributed by atoms with Gasteiger partial charge in [0.05, 0.1) is 17.8 Å². The molecule has 170 valence electrons. The van der Waals surface area contributed by atoms with Crippen LogP contribution in [0.3, 0.4) is 0 Å². The number of aliphatic hydroxyl groups excluding tert-OH is 1. The largest absolute Gasteiger partial charge is 0.504 e. The number of ketones is 2. The highest BCUT2D eigenvalue weighted by Crippen LogP contribution is 2.43. The molecule has 1 aromatic rings. The molecule has 7 heteroatoms. The molecule has 1 aliphatic carbocycles. The molecule has 3 N–H and O–H groups in total. The van der Waals surface area contributed by atoms with E-state index in [2.05, 4.69) is 6.92 Å². The molecule has 0 radical (unpaired) electrons. The number of rotatable bonds is 11. The molecule has 0 spiro atoms. The predicted molar refractivity (Wildman–Crippen MR) is 118 cm³/mol. The Bertz CT molecular complexity index is 992. The van der Waals surface area contributed by atoms with E-state index < -0.39 is 23.2 Å². The minimum absolute atomic E-state index is 0.0324. The molecular weight excluding hydrogens is 408 g/mol. The maximum Gasteiger partial charge on any atom is 0.228 e. The van der Waals surface area contributed by atoms with Crippen LogP contribution in [-0.4, -0.2) is 16.7 Å². The molecule has 0 bridgehead atoms. The van der Waals surface area contributed by atoms with Gasteiger partial charge in [0.1, 0.15) is 17.4 Å². The SMILES string of the molecule is CCCCCCCCCCCC1=C(O)C(=O)C2=C(OC(N)=C(C#N)C2c2ccco2)C1=O. The molecule has 2 aliphatic rings. The third-order valence-electron chi connectivity index (χ3n) is 6.00. The van der Waals surface area contributed by atoms with Crippen molar-refractivity contribution in [3.05, 3.63) is 58.3 Å². The number of furan rings is 1. The number of Topliss-reactive ketones (excluding diaryl/α,β-unsaturated/α-hetero) is 2. The molecule has 2 heterocycles. The maximum absolute atomic E-state index is 13.1. The van der Waals surface area contributed by atoms with Gasteiger partial charge in [-0.25, -0.2) is 0 Å². The van der Waals surface area contributed by atoms with E-state index in [-0.39, 0.29) is 40.5 Å². The molecule has 1 aliphatic heterocycles. The maximum atomic E-state index is 13.1. The molecule has 1 atom stereocenters. The molecule has 0 aromatic carbocycles. The van der Waals surface area contributed by atoms with Crippen molar-refractivity contribution in [1.82, 2.24) is 0 Å². The number of carbonyl (C=O) groups excluding carboxylic acids is 2. The summed E-state index contributed by atoms with van der Waals surface area (Å²) in [5.74, 6) is -3.05. The monoisotopic (exact) mass is 438 g/mol. The van der Waals surface area contributed by atoms with Crippen LogP contribution in [0.25, 0.3) is 0 Å². The lowest BCUT2D eigenvalue weighted by molar-refractivity contribution is -0.121. The Labute approximate surface area is 188 Å². The molecule has 0 fully saturated rings. The Morgan fingerprint density at radius 1 is 1.06 bits per heavy atom. The van der Waals surface area contributed by atoms with Gasteiger partial charge in [-0.15, -0.1) is 0 Å². The van der Waals surface area contributed by atoms with Gasteiger partial charge < -0.3 is 20.0 Å². The first-order valence-corrected chi connectivity index (χ1v) is 11.4. The molecule has 1 aromatic heterocycles. The van der Waals surface area contributed by atoms with Crippen LogP contribution in [0.15, 0.2) is 56.9 Å². The average molecular weight is 439 g/mol. The van der Waals surface area contributed by atoms with E-state index in [0.29, 0.717) is 6.42 Å². The van der Waals surface area contributed by atoms with Gasteiger partial charge in [0.25, 0.3) is 0 Å². The molecule has 0 saturated heterocycles. The topological polar surface area (TPSA) is 127 Å². The minimum atomic E-state index is -0.994. The van der Waals surface area contributed by atoms with E-state index >= 15 is 0 Å². The summed E-state index contributed by atoms with van der Waals surface area (Å²) in [5, 5.41) is 20.1. The van der Waals surface area contributed by atoms with Crippen LogP contribution in [0.4, 0.5) is 0 Å². The van der Waals surface area contributed by atoms with Crippen molar-refractivity contribution >= 4 is 11.6 Å². The van der Waals surface area contributed by atoms with Gasteiger partial charge in [-0.2, -0.15) is 5.26 Å². The van der Waals surface area contributed by atoms with Gasteiger partial charge in [-0.3, -0.25) is 9.59 Å². The fourth-order valence-electron chi connectivity index (χ4n) is 4.25. The molecular formula is C25H30N2O5. The van der Waals surface area contributed by atoms with Gasteiger partial charge in [0.2, 0.25) is 17.4 Å². The number of nitrogens with two attached hydrogens (primary N) is 1. The van der Waals surface area contributed by atoms with Crippen molar-refractivity contribution in [2.75, 3.05) is 0 Å². The highest BCUT2D eigenvalue weighted by Gasteiger charge is 2.45. The Kier molecular flexibility index (Phi) is 7.93. The third-order valence-corrected chi connectivity index (χ3v) is 6.00. The quantitative estimate of drug-likeness (QED) is 0.358. The fourth-order valence-corrected chi connectivity index (χ4v) is 4.25. The Balaban J connectivity index is 1.68. The summed E-state index contributed by atoms with van der Waals surface area (Å²) in [7, 11) is 0. The number of allylic oxidation sites excluding steroid dienone is 3. The smallest absolute Gasteiger partial charge is 0.228 e. The number of ether oxygens (including phenoxy) is 1. The van der Waals surface area contributed by atoms with Gasteiger partial charge in [0, 0.05) is 5.57 Å². The molecule has 1 unspecified atom stereocenters. The standard InChI is InChI=1S/C25H30N2O5/c1-2-3-4-5-6-7-8-9-10-12-16-21(28)23(30)20-19(18-13-11-14-31-18)17(15-26)25(27)32-24(20)22(16)29/h11,13-14,19,28H,2-10,12,27H2,1H3. The second-order valence-corrected chi connectivity index (χ2v) is 8.25. The first-order chi connectivity index (χ1) is 15.5. The van der Waals surface area contributed by atoms with Crippen LogP contribution in [0.5, 0.6) is 0 Å². The Morgan fingerprint density at radius 3 is 2.31 bits per heavy atom. The zero-order valence-electron chi connectivity index (χ0n) is 18.5. The summed E-state index contributed by atoms with van der Waals surface area (Å²) in [6, 6.07) is 5.12. The first kappa shape index (κ1) is 23.4. The van der Waals surface area contributed by atoms with Crippen molar-refractivity contribution in [3.63, 3.8) is 0 Å². The predicted octanol–water partition coefficient (Wildman–Crippen LogP) is 5.23. The zero-order chi connectivity index (χ0) is 23.1. The van der Waals surface area contributed by atoms with Crippen LogP contribution >= 0.6 is 0 Å². The number of nitrogens with zero attached hydrogens (tertiary/aromatic N) is 1. The van der Waals surface area contributed by atoms with Crippen molar-refractivity contribution < 1.29 is 23.8 Å². The van der Waals surface area contributed by atoms with Crippen LogP contribution in [0.1, 0.15) is 82.8 Å². The van der Waals surface area contributed by atoms with Crippen molar-refractivity contribution in [2.45, 2.75) is 77.0 Å². The third kappa shape index (κ3) is 4.80. The number of hydrogen-bond acceptors (Lipinski definition) is 7. The summed E-state index contributed by atoms with van der Waals surface area (Å²) < 4.78 is 10.8. The van der Waals surface area contributed by atoms with E-state index in [9.17, 15) is 20.0 Å². The first-order valence-electron chi connectivity index (χ1n) is 11.4. The lowest BCUT2D eigenvalue weighted by atomic mass is 9.78. The fraction of sp³-hybridized carbons (Fsp3) is 0.480. The molecule has 0 amide bonds. The van der Waals surface area contributed by atoms with Crippen molar-refractivity contribution in [1.29, 1.82) is 5.26 Å². The number of unbranched alkanes of at least 4 members (excludes halogenated alkanes) is 8. The highest BCUT2D eigenvalue weighted by atomic mass is 16.5. The van der Waals surface area contributed by atoms with Crippen LogP contribution in [-0.2, 0) is 14.3 Å². The number of aliphatic hydroxyl groups is 1. The summed E-state index contributed by atoms with van der Waals surface area (Å²) in [5.41, 5.74) is 5.80. The summed E-state index contributed by atoms with van der Waals surface area (Å²) in [4.78, 5) is 26.1. The Hall–Kier alpha value is -3.27. The summed E-state index contributed by atoms with van der Waals surface area (Å²) in [6.07, 6.45) is 11.7. The van der Waals surface area contributed by atoms with Crippen molar-refractivity contribution in [3.8, 4) is 6.07 Å². The minimum Gasteiger partial charge on any atom is -0.504 e. The molecule has 3 rings (SSSR count). The van der Waals surface area contributed by atoms with Gasteiger partial charge in [-0.1, -0.05) is 58.3 Å².